The third-order valence-electron chi connectivity index (χ3n) is 4.38. The lowest BCUT2D eigenvalue weighted by Crippen LogP contribution is -2.00. The highest BCUT2D eigenvalue weighted by atomic mass is 16.5. The van der Waals surface area contributed by atoms with Crippen LogP contribution in [-0.4, -0.2) is 27.8 Å². The van der Waals surface area contributed by atoms with E-state index in [1.54, 1.807) is 56.2 Å². The van der Waals surface area contributed by atoms with E-state index in [2.05, 4.69) is 21.0 Å². The number of carbonyl (C=O) groups is 1. The molecule has 0 spiro atoms. The highest BCUT2D eigenvalue weighted by Gasteiger charge is 2.16. The number of methoxy groups -OCH3 is 1. The summed E-state index contributed by atoms with van der Waals surface area (Å²) in [5, 5.41) is 10.2. The van der Waals surface area contributed by atoms with Gasteiger partial charge >= 0.3 is 0 Å². The number of nitrogens with one attached hydrogen (secondary N) is 1. The van der Waals surface area contributed by atoms with E-state index in [4.69, 9.17) is 4.74 Å². The number of ether oxygens (including phenoxy) is 1. The molecule has 0 amide bonds. The zero-order chi connectivity index (χ0) is 18.8. The summed E-state index contributed by atoms with van der Waals surface area (Å²) in [6, 6.07) is 12.7. The maximum absolute atomic E-state index is 12.8. The molecule has 0 unspecified atom stereocenters. The Morgan fingerprint density at radius 3 is 2.74 bits per heavy atom. The number of nitrogens with zero attached hydrogens (tertiary/aromatic N) is 3. The number of fused-ring (bicyclic) bond motifs is 1. The van der Waals surface area contributed by atoms with Crippen molar-refractivity contribution in [1.82, 2.24) is 15.0 Å². The van der Waals surface area contributed by atoms with Crippen LogP contribution >= 0.6 is 0 Å². The first-order chi connectivity index (χ1) is 13.2. The molecule has 0 bridgehead atoms. The number of ketones is 1. The Kier molecular flexibility index (Phi) is 4.11. The number of benzene rings is 1. The molecule has 1 aromatic carbocycles. The molecule has 0 aliphatic heterocycles. The average molecular weight is 354 g/mol. The lowest BCUT2D eigenvalue weighted by atomic mass is 9.99. The molecule has 6 heteroatoms. The van der Waals surface area contributed by atoms with Gasteiger partial charge in [0.05, 0.1) is 18.7 Å². The first kappa shape index (κ1) is 16.5. The van der Waals surface area contributed by atoms with Gasteiger partial charge in [0.15, 0.2) is 5.78 Å². The molecule has 6 nitrogen and oxygen atoms in total. The van der Waals surface area contributed by atoms with Crippen molar-refractivity contribution in [3.05, 3.63) is 77.9 Å². The van der Waals surface area contributed by atoms with Gasteiger partial charge in [-0.25, -0.2) is 4.98 Å². The average Bonchev–Trinajstić information content (AvgIpc) is 3.16. The van der Waals surface area contributed by atoms with E-state index < -0.39 is 0 Å². The van der Waals surface area contributed by atoms with Gasteiger partial charge in [-0.2, -0.15) is 5.26 Å². The van der Waals surface area contributed by atoms with Crippen LogP contribution in [0.25, 0.3) is 22.2 Å². The maximum Gasteiger partial charge on any atom is 0.195 e. The largest absolute Gasteiger partial charge is 0.497 e. The zero-order valence-corrected chi connectivity index (χ0v) is 14.4. The highest BCUT2D eigenvalue weighted by Crippen LogP contribution is 2.30. The molecule has 27 heavy (non-hydrogen) atoms. The van der Waals surface area contributed by atoms with E-state index in [9.17, 15) is 10.1 Å². The molecule has 3 aromatic heterocycles. The second-order valence-corrected chi connectivity index (χ2v) is 5.91. The summed E-state index contributed by atoms with van der Waals surface area (Å²) in [6.45, 7) is 0. The Bertz CT molecular complexity index is 1190. The van der Waals surface area contributed by atoms with Gasteiger partial charge in [0.2, 0.25) is 0 Å². The predicted octanol–water partition coefficient (Wildman–Crippen LogP) is 3.74. The van der Waals surface area contributed by atoms with Crippen molar-refractivity contribution in [3.63, 3.8) is 0 Å². The van der Waals surface area contributed by atoms with Crippen LogP contribution in [0.4, 0.5) is 0 Å². The fourth-order valence-electron chi connectivity index (χ4n) is 2.99. The van der Waals surface area contributed by atoms with Crippen LogP contribution in [0.2, 0.25) is 0 Å². The predicted molar refractivity (Wildman–Crippen MR) is 100 cm³/mol. The van der Waals surface area contributed by atoms with Gasteiger partial charge in [-0.05, 0) is 36.4 Å². The first-order valence-corrected chi connectivity index (χ1v) is 8.21. The van der Waals surface area contributed by atoms with Crippen molar-refractivity contribution in [3.8, 4) is 22.9 Å². The van der Waals surface area contributed by atoms with Crippen molar-refractivity contribution in [1.29, 1.82) is 5.26 Å². The second kappa shape index (κ2) is 6.73. The van der Waals surface area contributed by atoms with Crippen LogP contribution in [0.5, 0.6) is 5.75 Å². The van der Waals surface area contributed by atoms with E-state index in [-0.39, 0.29) is 5.78 Å². The van der Waals surface area contributed by atoms with Gasteiger partial charge in [-0.3, -0.25) is 9.78 Å². The Morgan fingerprint density at radius 1 is 1.19 bits per heavy atom. The van der Waals surface area contributed by atoms with Crippen LogP contribution in [0.15, 0.2) is 61.2 Å². The quantitative estimate of drug-likeness (QED) is 0.564. The summed E-state index contributed by atoms with van der Waals surface area (Å²) in [5.74, 6) is 0.498. The molecule has 0 fully saturated rings. The van der Waals surface area contributed by atoms with Gasteiger partial charge in [0.25, 0.3) is 0 Å². The van der Waals surface area contributed by atoms with E-state index in [1.807, 2.05) is 12.1 Å². The molecule has 0 saturated heterocycles. The monoisotopic (exact) mass is 354 g/mol. The van der Waals surface area contributed by atoms with Gasteiger partial charge in [0.1, 0.15) is 11.4 Å². The molecule has 3 heterocycles. The Hall–Kier alpha value is -3.98. The lowest BCUT2D eigenvalue weighted by Gasteiger charge is -2.07. The Morgan fingerprint density at radius 2 is 2.00 bits per heavy atom. The van der Waals surface area contributed by atoms with Crippen LogP contribution in [0.1, 0.15) is 21.5 Å². The molecular weight excluding hydrogens is 340 g/mol. The number of hydrogen-bond donors (Lipinski definition) is 1. The molecule has 0 atom stereocenters. The minimum Gasteiger partial charge on any atom is -0.497 e. The molecule has 0 saturated carbocycles. The summed E-state index contributed by atoms with van der Waals surface area (Å²) in [4.78, 5) is 24.2. The van der Waals surface area contributed by atoms with Gasteiger partial charge in [0, 0.05) is 52.4 Å². The topological polar surface area (TPSA) is 91.7 Å². The van der Waals surface area contributed by atoms with E-state index in [0.29, 0.717) is 33.5 Å². The molecular formula is C21H14N4O2. The molecule has 0 radical (unpaired) electrons. The molecule has 0 aliphatic rings. The minimum atomic E-state index is -0.113. The minimum absolute atomic E-state index is 0.113. The number of rotatable bonds is 4. The SMILES string of the molecule is COc1ccc(-c2cnc3[nH]cc(C(=O)c4ccncc4)c3c2)c(C#N)c1. The number of carbonyl (C=O) groups excluding carboxylic acids is 1. The summed E-state index contributed by atoms with van der Waals surface area (Å²) < 4.78 is 5.18. The van der Waals surface area contributed by atoms with Gasteiger partial charge in [-0.15, -0.1) is 0 Å². The van der Waals surface area contributed by atoms with Crippen LogP contribution in [0.3, 0.4) is 0 Å². The van der Waals surface area contributed by atoms with Gasteiger partial charge in [-0.1, -0.05) is 0 Å². The number of H-pyrrole nitrogens is 1. The molecule has 4 rings (SSSR count). The normalized spacial score (nSPS) is 10.5. The van der Waals surface area contributed by atoms with Crippen molar-refractivity contribution in [2.75, 3.05) is 7.11 Å². The number of aromatic amines is 1. The Labute approximate surface area is 155 Å². The number of nitriles is 1. The van der Waals surface area contributed by atoms with E-state index in [0.717, 1.165) is 11.1 Å². The Balaban J connectivity index is 1.84. The van der Waals surface area contributed by atoms with Crippen molar-refractivity contribution >= 4 is 16.8 Å². The van der Waals surface area contributed by atoms with Crippen LogP contribution in [0, 0.1) is 11.3 Å². The van der Waals surface area contributed by atoms with Crippen LogP contribution < -0.4 is 4.74 Å². The maximum atomic E-state index is 12.8. The van der Waals surface area contributed by atoms with E-state index in [1.165, 1.54) is 0 Å². The molecule has 130 valence electrons. The smallest absolute Gasteiger partial charge is 0.195 e. The van der Waals surface area contributed by atoms with Crippen LogP contribution in [-0.2, 0) is 0 Å². The molecule has 4 aromatic rings. The first-order valence-electron chi connectivity index (χ1n) is 8.21. The lowest BCUT2D eigenvalue weighted by molar-refractivity contribution is 0.104. The molecule has 0 aliphatic carbocycles. The summed E-state index contributed by atoms with van der Waals surface area (Å²) in [5.41, 5.74) is 3.66. The van der Waals surface area contributed by atoms with Crippen molar-refractivity contribution in [2.24, 2.45) is 0 Å². The number of aromatic nitrogens is 3. The third kappa shape index (κ3) is 2.92. The highest BCUT2D eigenvalue weighted by molar-refractivity contribution is 6.16. The molecule has 1 N–H and O–H groups in total. The number of hydrogen-bond acceptors (Lipinski definition) is 5. The summed E-state index contributed by atoms with van der Waals surface area (Å²) in [7, 11) is 1.56. The van der Waals surface area contributed by atoms with Crippen molar-refractivity contribution < 1.29 is 9.53 Å². The fraction of sp³-hybridized carbons (Fsp3) is 0.0476. The summed E-state index contributed by atoms with van der Waals surface area (Å²) >= 11 is 0. The summed E-state index contributed by atoms with van der Waals surface area (Å²) in [6.07, 6.45) is 6.51. The number of pyridine rings is 2. The van der Waals surface area contributed by atoms with Crippen molar-refractivity contribution in [2.45, 2.75) is 0 Å². The fourth-order valence-corrected chi connectivity index (χ4v) is 2.99. The third-order valence-corrected chi connectivity index (χ3v) is 4.38. The zero-order valence-electron chi connectivity index (χ0n) is 14.4. The van der Waals surface area contributed by atoms with Gasteiger partial charge < -0.3 is 9.72 Å². The van der Waals surface area contributed by atoms with E-state index >= 15 is 0 Å². The standard InChI is InChI=1S/C21H14N4O2/c1-27-16-2-3-17(14(8-16)10-22)15-9-18-19(12-25-21(18)24-11-15)20(26)13-4-6-23-7-5-13/h2-9,11-12H,1H3,(H,24,25). The second-order valence-electron chi connectivity index (χ2n) is 5.91.